The number of amides is 1. The van der Waals surface area contributed by atoms with E-state index in [0.29, 0.717) is 17.8 Å². The van der Waals surface area contributed by atoms with Gasteiger partial charge < -0.3 is 10.6 Å². The van der Waals surface area contributed by atoms with Gasteiger partial charge in [-0.25, -0.2) is 0 Å². The lowest BCUT2D eigenvalue weighted by Crippen LogP contribution is -2.41. The maximum absolute atomic E-state index is 12.3. The minimum atomic E-state index is 0.105. The van der Waals surface area contributed by atoms with Crippen molar-refractivity contribution in [3.8, 4) is 0 Å². The SMILES string of the molecule is CC(=O)N1CCc2ccc([C@@H]3CC3c3ccc4cc(C(=N)N)ccc4c3)cc2C1C(C)C. The number of amidine groups is 1. The van der Waals surface area contributed by atoms with E-state index in [2.05, 4.69) is 61.2 Å². The second-order valence-corrected chi connectivity index (χ2v) is 9.79. The first-order valence-corrected chi connectivity index (χ1v) is 11.6. The molecule has 0 aromatic heterocycles. The Balaban J connectivity index is 1.42. The molecule has 3 aromatic rings. The molecule has 3 atom stereocenters. The molecular weight excluding hydrogens is 394 g/mol. The van der Waals surface area contributed by atoms with Gasteiger partial charge in [-0.3, -0.25) is 10.2 Å². The lowest BCUT2D eigenvalue weighted by Gasteiger charge is -2.39. The molecule has 0 spiro atoms. The Hall–Kier alpha value is -3.14. The number of carbonyl (C=O) groups excluding carboxylic acids is 1. The topological polar surface area (TPSA) is 70.2 Å². The van der Waals surface area contributed by atoms with Crippen LogP contribution in [0, 0.1) is 11.3 Å². The summed E-state index contributed by atoms with van der Waals surface area (Å²) in [6, 6.07) is 19.8. The highest BCUT2D eigenvalue weighted by molar-refractivity contribution is 5.99. The first-order valence-electron chi connectivity index (χ1n) is 11.6. The van der Waals surface area contributed by atoms with E-state index < -0.39 is 0 Å². The van der Waals surface area contributed by atoms with Crippen LogP contribution in [0.3, 0.4) is 0 Å². The van der Waals surface area contributed by atoms with Gasteiger partial charge in [0.15, 0.2) is 0 Å². The first-order chi connectivity index (χ1) is 15.3. The number of hydrogen-bond acceptors (Lipinski definition) is 2. The van der Waals surface area contributed by atoms with Crippen LogP contribution in [0.25, 0.3) is 10.8 Å². The molecule has 4 heteroatoms. The fraction of sp³-hybridized carbons (Fsp3) is 0.357. The number of nitrogens with one attached hydrogen (secondary N) is 1. The molecule has 1 saturated carbocycles. The summed E-state index contributed by atoms with van der Waals surface area (Å²) in [5, 5.41) is 9.97. The Morgan fingerprint density at radius 1 is 1.00 bits per heavy atom. The summed E-state index contributed by atoms with van der Waals surface area (Å²) < 4.78 is 0. The molecule has 1 fully saturated rings. The van der Waals surface area contributed by atoms with Crippen molar-refractivity contribution >= 4 is 22.5 Å². The Labute approximate surface area is 189 Å². The molecule has 0 bridgehead atoms. The number of rotatable bonds is 4. The molecular formula is C28H31N3O. The minimum Gasteiger partial charge on any atom is -0.384 e. The number of nitrogen functional groups attached to an aromatic ring is 1. The Kier molecular flexibility index (Phi) is 5.04. The molecule has 32 heavy (non-hydrogen) atoms. The zero-order valence-corrected chi connectivity index (χ0v) is 19.1. The van der Waals surface area contributed by atoms with Gasteiger partial charge >= 0.3 is 0 Å². The van der Waals surface area contributed by atoms with Crippen molar-refractivity contribution < 1.29 is 4.79 Å². The Morgan fingerprint density at radius 2 is 1.66 bits per heavy atom. The lowest BCUT2D eigenvalue weighted by atomic mass is 9.84. The molecule has 2 unspecified atom stereocenters. The number of benzene rings is 3. The number of carbonyl (C=O) groups is 1. The van der Waals surface area contributed by atoms with Crippen molar-refractivity contribution in [2.45, 2.75) is 51.5 Å². The summed E-state index contributed by atoms with van der Waals surface area (Å²) in [5.41, 5.74) is 11.9. The predicted molar refractivity (Wildman–Crippen MR) is 130 cm³/mol. The fourth-order valence-electron chi connectivity index (χ4n) is 5.56. The first kappa shape index (κ1) is 20.7. The average molecular weight is 426 g/mol. The van der Waals surface area contributed by atoms with Crippen LogP contribution in [0.5, 0.6) is 0 Å². The van der Waals surface area contributed by atoms with Crippen molar-refractivity contribution in [3.63, 3.8) is 0 Å². The number of hydrogen-bond donors (Lipinski definition) is 2. The van der Waals surface area contributed by atoms with Crippen molar-refractivity contribution in [2.75, 3.05) is 6.54 Å². The van der Waals surface area contributed by atoms with Crippen LogP contribution in [-0.4, -0.2) is 23.2 Å². The number of fused-ring (bicyclic) bond motifs is 2. The van der Waals surface area contributed by atoms with E-state index in [4.69, 9.17) is 11.1 Å². The van der Waals surface area contributed by atoms with Gasteiger partial charge in [0.2, 0.25) is 5.91 Å². The van der Waals surface area contributed by atoms with Gasteiger partial charge in [0, 0.05) is 19.0 Å². The third-order valence-corrected chi connectivity index (χ3v) is 7.30. The van der Waals surface area contributed by atoms with E-state index >= 15 is 0 Å². The summed E-state index contributed by atoms with van der Waals surface area (Å²) in [5.74, 6) is 1.75. The highest BCUT2D eigenvalue weighted by Crippen LogP contribution is 2.55. The van der Waals surface area contributed by atoms with Gasteiger partial charge in [0.1, 0.15) is 5.84 Å². The van der Waals surface area contributed by atoms with Gasteiger partial charge in [0.05, 0.1) is 6.04 Å². The average Bonchev–Trinajstić information content (AvgIpc) is 3.57. The second-order valence-electron chi connectivity index (χ2n) is 9.79. The molecule has 5 rings (SSSR count). The van der Waals surface area contributed by atoms with Crippen molar-refractivity contribution in [3.05, 3.63) is 82.4 Å². The second kappa shape index (κ2) is 7.77. The minimum absolute atomic E-state index is 0.105. The van der Waals surface area contributed by atoms with Crippen LogP contribution in [0.1, 0.15) is 72.9 Å². The van der Waals surface area contributed by atoms with Gasteiger partial charge in [-0.15, -0.1) is 0 Å². The van der Waals surface area contributed by atoms with E-state index in [0.717, 1.165) is 23.9 Å². The standard InChI is InChI=1S/C28H31N3O/c1-16(2)27-26-14-22(7-4-18(26)10-11-31(27)17(3)32)25-15-24(25)21-8-5-20-13-23(28(29)30)9-6-19(20)12-21/h4-9,12-14,16,24-25,27H,10-11,15H2,1-3H3,(H3,29,30)/t24?,25-,27?/m0/s1. The largest absolute Gasteiger partial charge is 0.384 e. The Morgan fingerprint density at radius 3 is 2.34 bits per heavy atom. The Bertz CT molecular complexity index is 1230. The smallest absolute Gasteiger partial charge is 0.219 e. The third kappa shape index (κ3) is 3.58. The summed E-state index contributed by atoms with van der Waals surface area (Å²) in [4.78, 5) is 14.3. The molecule has 1 aliphatic carbocycles. The molecule has 0 saturated heterocycles. The summed E-state index contributed by atoms with van der Waals surface area (Å²) >= 11 is 0. The normalized spacial score (nSPS) is 22.1. The van der Waals surface area contributed by atoms with E-state index in [9.17, 15) is 4.79 Å². The van der Waals surface area contributed by atoms with Gasteiger partial charge in [0.25, 0.3) is 0 Å². The van der Waals surface area contributed by atoms with Crippen LogP contribution in [-0.2, 0) is 11.2 Å². The maximum Gasteiger partial charge on any atom is 0.219 e. The molecule has 3 aromatic carbocycles. The van der Waals surface area contributed by atoms with E-state index in [-0.39, 0.29) is 17.8 Å². The zero-order valence-electron chi connectivity index (χ0n) is 19.1. The van der Waals surface area contributed by atoms with Crippen LogP contribution < -0.4 is 5.73 Å². The molecule has 1 heterocycles. The van der Waals surface area contributed by atoms with Gasteiger partial charge in [-0.05, 0) is 69.7 Å². The monoisotopic (exact) mass is 425 g/mol. The predicted octanol–water partition coefficient (Wildman–Crippen LogP) is 5.50. The summed E-state index contributed by atoms with van der Waals surface area (Å²) in [6.07, 6.45) is 2.11. The van der Waals surface area contributed by atoms with Gasteiger partial charge in [-0.1, -0.05) is 62.4 Å². The zero-order chi connectivity index (χ0) is 22.6. The van der Waals surface area contributed by atoms with Crippen LogP contribution in [0.2, 0.25) is 0 Å². The molecule has 1 amide bonds. The summed E-state index contributed by atoms with van der Waals surface area (Å²) in [6.45, 7) is 6.95. The highest BCUT2D eigenvalue weighted by Gasteiger charge is 2.40. The van der Waals surface area contributed by atoms with E-state index in [1.807, 2.05) is 12.1 Å². The van der Waals surface area contributed by atoms with Crippen molar-refractivity contribution in [1.82, 2.24) is 4.90 Å². The highest BCUT2D eigenvalue weighted by atomic mass is 16.2. The quantitative estimate of drug-likeness (QED) is 0.428. The number of nitrogens with zero attached hydrogens (tertiary/aromatic N) is 1. The van der Waals surface area contributed by atoms with Crippen LogP contribution in [0.4, 0.5) is 0 Å². The lowest BCUT2D eigenvalue weighted by molar-refractivity contribution is -0.132. The summed E-state index contributed by atoms with van der Waals surface area (Å²) in [7, 11) is 0. The van der Waals surface area contributed by atoms with Crippen molar-refractivity contribution in [1.29, 1.82) is 5.41 Å². The van der Waals surface area contributed by atoms with E-state index in [1.165, 1.54) is 34.1 Å². The molecule has 1 aliphatic heterocycles. The molecule has 2 aliphatic rings. The number of nitrogens with two attached hydrogens (primary N) is 1. The molecule has 0 radical (unpaired) electrons. The molecule has 3 N–H and O–H groups in total. The molecule has 164 valence electrons. The molecule has 4 nitrogen and oxygen atoms in total. The van der Waals surface area contributed by atoms with E-state index in [1.54, 1.807) is 6.92 Å². The third-order valence-electron chi connectivity index (χ3n) is 7.30. The fourth-order valence-corrected chi connectivity index (χ4v) is 5.56. The maximum atomic E-state index is 12.3. The van der Waals surface area contributed by atoms with Gasteiger partial charge in [-0.2, -0.15) is 0 Å². The van der Waals surface area contributed by atoms with Crippen molar-refractivity contribution in [2.24, 2.45) is 11.7 Å². The van der Waals surface area contributed by atoms with Crippen LogP contribution in [0.15, 0.2) is 54.6 Å². The van der Waals surface area contributed by atoms with Crippen LogP contribution >= 0.6 is 0 Å².